The van der Waals surface area contributed by atoms with E-state index in [4.69, 9.17) is 16.3 Å². The maximum Gasteiger partial charge on any atom is 0.414 e. The van der Waals surface area contributed by atoms with Gasteiger partial charge in [-0.1, -0.05) is 17.7 Å². The molecule has 22 heavy (non-hydrogen) atoms. The Hall–Kier alpha value is -2.14. The first-order valence-electron chi connectivity index (χ1n) is 6.80. The van der Waals surface area contributed by atoms with Crippen molar-refractivity contribution in [1.82, 2.24) is 9.88 Å². The number of amides is 1. The molecule has 1 amide bonds. The van der Waals surface area contributed by atoms with E-state index < -0.39 is 6.09 Å². The molecule has 0 aliphatic carbocycles. The maximum absolute atomic E-state index is 11.9. The van der Waals surface area contributed by atoms with Crippen LogP contribution in [0.25, 0.3) is 11.1 Å². The number of H-pyrrole nitrogens is 1. The molecule has 2 rings (SSSR count). The summed E-state index contributed by atoms with van der Waals surface area (Å²) in [5.41, 5.74) is 3.51. The summed E-state index contributed by atoms with van der Waals surface area (Å²) in [7, 11) is 3.18. The number of aromatic nitrogens is 1. The van der Waals surface area contributed by atoms with Crippen LogP contribution in [0.15, 0.2) is 12.1 Å². The molecule has 0 saturated carbocycles. The summed E-state index contributed by atoms with van der Waals surface area (Å²) in [5, 5.41) is 10.7. The molecule has 1 aromatic carbocycles. The molecule has 0 saturated heterocycles. The fourth-order valence-corrected chi connectivity index (χ4v) is 2.78. The number of aryl methyl sites for hydroxylation is 3. The molecule has 6 heteroatoms. The zero-order valence-corrected chi connectivity index (χ0v) is 14.0. The van der Waals surface area contributed by atoms with Crippen LogP contribution in [-0.4, -0.2) is 35.2 Å². The Labute approximate surface area is 134 Å². The van der Waals surface area contributed by atoms with Gasteiger partial charge in [0.15, 0.2) is 5.75 Å². The number of ether oxygens (including phenoxy) is 1. The van der Waals surface area contributed by atoms with Crippen molar-refractivity contribution in [2.24, 2.45) is 0 Å². The Balaban J connectivity index is 2.64. The van der Waals surface area contributed by atoms with Crippen molar-refractivity contribution in [2.45, 2.75) is 20.8 Å². The van der Waals surface area contributed by atoms with E-state index in [0.29, 0.717) is 21.8 Å². The average molecular weight is 323 g/mol. The third-order valence-electron chi connectivity index (χ3n) is 3.35. The number of carbonyl (C=O) groups excluding carboxylic acids is 1. The van der Waals surface area contributed by atoms with Crippen LogP contribution < -0.4 is 4.74 Å². The SMILES string of the molecule is Cc1cc(C)c(-c2c(O)[nH]c(C)c2OC(=O)N(C)C)c(Cl)c1. The molecule has 5 nitrogen and oxygen atoms in total. The highest BCUT2D eigenvalue weighted by atomic mass is 35.5. The van der Waals surface area contributed by atoms with Gasteiger partial charge in [-0.05, 0) is 38.0 Å². The number of halogens is 1. The molecular formula is C16H19ClN2O3. The normalized spacial score (nSPS) is 10.6. The standard InChI is InChI=1S/C16H19ClN2O3/c1-8-6-9(2)12(11(17)7-8)13-14(10(3)18-15(13)20)22-16(21)19(4)5/h6-7,18,20H,1-5H3. The largest absolute Gasteiger partial charge is 0.494 e. The zero-order chi connectivity index (χ0) is 16.6. The molecule has 0 fully saturated rings. The van der Waals surface area contributed by atoms with Gasteiger partial charge in [0.25, 0.3) is 0 Å². The lowest BCUT2D eigenvalue weighted by molar-refractivity contribution is 0.172. The van der Waals surface area contributed by atoms with Crippen molar-refractivity contribution < 1.29 is 14.6 Å². The minimum atomic E-state index is -0.524. The van der Waals surface area contributed by atoms with Crippen LogP contribution in [0.1, 0.15) is 16.8 Å². The molecule has 0 aliphatic heterocycles. The Kier molecular flexibility index (Phi) is 4.37. The third-order valence-corrected chi connectivity index (χ3v) is 3.64. The van der Waals surface area contributed by atoms with Gasteiger partial charge in [0.2, 0.25) is 5.88 Å². The number of hydrogen-bond donors (Lipinski definition) is 2. The summed E-state index contributed by atoms with van der Waals surface area (Å²) in [6, 6.07) is 3.77. The van der Waals surface area contributed by atoms with Crippen molar-refractivity contribution in [2.75, 3.05) is 14.1 Å². The van der Waals surface area contributed by atoms with Gasteiger partial charge in [-0.2, -0.15) is 0 Å². The molecule has 2 aromatic rings. The molecule has 0 unspecified atom stereocenters. The van der Waals surface area contributed by atoms with Gasteiger partial charge in [0, 0.05) is 24.7 Å². The summed E-state index contributed by atoms with van der Waals surface area (Å²) < 4.78 is 5.39. The average Bonchev–Trinajstić information content (AvgIpc) is 2.64. The number of benzene rings is 1. The lowest BCUT2D eigenvalue weighted by atomic mass is 9.99. The lowest BCUT2D eigenvalue weighted by Crippen LogP contribution is -2.25. The zero-order valence-electron chi connectivity index (χ0n) is 13.2. The van der Waals surface area contributed by atoms with Crippen molar-refractivity contribution in [1.29, 1.82) is 0 Å². The van der Waals surface area contributed by atoms with Gasteiger partial charge < -0.3 is 19.7 Å². The monoisotopic (exact) mass is 322 g/mol. The van der Waals surface area contributed by atoms with Crippen molar-refractivity contribution >= 4 is 17.7 Å². The Morgan fingerprint density at radius 1 is 1.23 bits per heavy atom. The van der Waals surface area contributed by atoms with Crippen LogP contribution in [0.4, 0.5) is 4.79 Å². The number of aromatic amines is 1. The van der Waals surface area contributed by atoms with E-state index in [1.54, 1.807) is 21.0 Å². The topological polar surface area (TPSA) is 65.6 Å². The van der Waals surface area contributed by atoms with Gasteiger partial charge in [-0.25, -0.2) is 4.79 Å². The van der Waals surface area contributed by atoms with Gasteiger partial charge >= 0.3 is 6.09 Å². The molecule has 1 aromatic heterocycles. The summed E-state index contributed by atoms with van der Waals surface area (Å²) >= 11 is 6.35. The van der Waals surface area contributed by atoms with Crippen molar-refractivity contribution in [3.63, 3.8) is 0 Å². The Bertz CT molecular complexity index is 712. The Morgan fingerprint density at radius 2 is 1.86 bits per heavy atom. The van der Waals surface area contributed by atoms with Crippen LogP contribution >= 0.6 is 11.6 Å². The van der Waals surface area contributed by atoms with E-state index >= 15 is 0 Å². The minimum Gasteiger partial charge on any atom is -0.494 e. The van der Waals surface area contributed by atoms with Gasteiger partial charge in [-0.3, -0.25) is 0 Å². The van der Waals surface area contributed by atoms with Crippen LogP contribution in [0.3, 0.4) is 0 Å². The molecule has 0 bridgehead atoms. The van der Waals surface area contributed by atoms with Gasteiger partial charge in [0.1, 0.15) is 0 Å². The first-order valence-corrected chi connectivity index (χ1v) is 7.18. The summed E-state index contributed by atoms with van der Waals surface area (Å²) in [4.78, 5) is 16.0. The predicted octanol–water partition coefficient (Wildman–Crippen LogP) is 4.03. The summed E-state index contributed by atoms with van der Waals surface area (Å²) in [5.74, 6) is 0.206. The number of aromatic hydroxyl groups is 1. The Morgan fingerprint density at radius 3 is 2.41 bits per heavy atom. The molecule has 118 valence electrons. The molecular weight excluding hydrogens is 304 g/mol. The molecule has 0 spiro atoms. The second kappa shape index (κ2) is 5.93. The number of rotatable bonds is 2. The quantitative estimate of drug-likeness (QED) is 0.877. The number of nitrogens with one attached hydrogen (secondary N) is 1. The van der Waals surface area contributed by atoms with Crippen LogP contribution in [-0.2, 0) is 0 Å². The molecule has 0 aliphatic rings. The van der Waals surface area contributed by atoms with E-state index in [1.165, 1.54) is 4.90 Å². The molecule has 0 atom stereocenters. The van der Waals surface area contributed by atoms with Crippen molar-refractivity contribution in [3.8, 4) is 22.8 Å². The molecule has 0 radical (unpaired) electrons. The second-order valence-electron chi connectivity index (χ2n) is 5.50. The van der Waals surface area contributed by atoms with Crippen molar-refractivity contribution in [3.05, 3.63) is 34.0 Å². The van der Waals surface area contributed by atoms with E-state index in [0.717, 1.165) is 11.1 Å². The summed E-state index contributed by atoms with van der Waals surface area (Å²) in [6.45, 7) is 5.56. The van der Waals surface area contributed by atoms with E-state index in [9.17, 15) is 9.90 Å². The van der Waals surface area contributed by atoms with E-state index in [1.807, 2.05) is 26.0 Å². The minimum absolute atomic E-state index is 0.0760. The lowest BCUT2D eigenvalue weighted by Gasteiger charge is -2.14. The second-order valence-corrected chi connectivity index (χ2v) is 5.91. The first kappa shape index (κ1) is 16.2. The highest BCUT2D eigenvalue weighted by Crippen LogP contribution is 2.45. The van der Waals surface area contributed by atoms with Gasteiger partial charge in [-0.15, -0.1) is 0 Å². The van der Waals surface area contributed by atoms with Crippen LogP contribution in [0.5, 0.6) is 11.6 Å². The first-order chi connectivity index (χ1) is 10.2. The molecule has 2 N–H and O–H groups in total. The fourth-order valence-electron chi connectivity index (χ4n) is 2.36. The molecule has 1 heterocycles. The number of nitrogens with zero attached hydrogens (tertiary/aromatic N) is 1. The highest BCUT2D eigenvalue weighted by Gasteiger charge is 2.24. The predicted molar refractivity (Wildman–Crippen MR) is 86.8 cm³/mol. The smallest absolute Gasteiger partial charge is 0.414 e. The highest BCUT2D eigenvalue weighted by molar-refractivity contribution is 6.33. The van der Waals surface area contributed by atoms with Crippen LogP contribution in [0, 0.1) is 20.8 Å². The van der Waals surface area contributed by atoms with E-state index in [-0.39, 0.29) is 11.6 Å². The van der Waals surface area contributed by atoms with Crippen LogP contribution in [0.2, 0.25) is 5.02 Å². The summed E-state index contributed by atoms with van der Waals surface area (Å²) in [6.07, 6.45) is -0.524. The number of hydrogen-bond acceptors (Lipinski definition) is 3. The number of carbonyl (C=O) groups is 1. The fraction of sp³-hybridized carbons (Fsp3) is 0.312. The van der Waals surface area contributed by atoms with E-state index in [2.05, 4.69) is 4.98 Å². The third kappa shape index (κ3) is 2.90. The van der Waals surface area contributed by atoms with Gasteiger partial charge in [0.05, 0.1) is 11.3 Å². The maximum atomic E-state index is 11.9.